The number of hydrogen-bond donors (Lipinski definition) is 2. The molecule has 1 aromatic rings. The molecule has 1 fully saturated rings. The standard InChI is InChI=1S/C17H26N2O3/c1-13(12-22-16-11-7-6-10-15(16)21-2)18-17(20)19-14-8-4-3-5-9-14/h6-7,10-11,13-14H,3-5,8-9,12H2,1-2H3,(H2,18,19,20)/t13-/m1/s1. The highest BCUT2D eigenvalue weighted by Crippen LogP contribution is 2.25. The van der Waals surface area contributed by atoms with Crippen LogP contribution < -0.4 is 20.1 Å². The topological polar surface area (TPSA) is 59.6 Å². The molecule has 0 spiro atoms. The van der Waals surface area contributed by atoms with E-state index in [0.717, 1.165) is 12.8 Å². The van der Waals surface area contributed by atoms with Crippen LogP contribution in [0.5, 0.6) is 11.5 Å². The lowest BCUT2D eigenvalue weighted by atomic mass is 9.96. The molecule has 0 bridgehead atoms. The van der Waals surface area contributed by atoms with Gasteiger partial charge in [0.05, 0.1) is 13.2 Å². The van der Waals surface area contributed by atoms with Crippen molar-refractivity contribution >= 4 is 6.03 Å². The molecule has 0 unspecified atom stereocenters. The summed E-state index contributed by atoms with van der Waals surface area (Å²) in [7, 11) is 1.61. The van der Waals surface area contributed by atoms with Gasteiger partial charge in [0, 0.05) is 6.04 Å². The minimum absolute atomic E-state index is 0.0755. The Labute approximate surface area is 132 Å². The van der Waals surface area contributed by atoms with E-state index in [1.807, 2.05) is 31.2 Å². The molecule has 1 aliphatic carbocycles. The van der Waals surface area contributed by atoms with Crippen molar-refractivity contribution in [2.75, 3.05) is 13.7 Å². The summed E-state index contributed by atoms with van der Waals surface area (Å²) in [6.45, 7) is 2.33. The van der Waals surface area contributed by atoms with Crippen LogP contribution in [0, 0.1) is 0 Å². The summed E-state index contributed by atoms with van der Waals surface area (Å²) in [4.78, 5) is 12.0. The Hall–Kier alpha value is -1.91. The normalized spacial score (nSPS) is 16.6. The summed E-state index contributed by atoms with van der Waals surface area (Å²) in [6, 6.07) is 7.63. The van der Waals surface area contributed by atoms with Crippen molar-refractivity contribution in [2.24, 2.45) is 0 Å². The maximum atomic E-state index is 12.0. The first-order valence-electron chi connectivity index (χ1n) is 8.02. The van der Waals surface area contributed by atoms with Crippen molar-refractivity contribution in [1.82, 2.24) is 10.6 Å². The Balaban J connectivity index is 1.72. The van der Waals surface area contributed by atoms with Gasteiger partial charge in [0.15, 0.2) is 11.5 Å². The highest BCUT2D eigenvalue weighted by molar-refractivity contribution is 5.74. The Bertz CT molecular complexity index is 473. The number of nitrogens with one attached hydrogen (secondary N) is 2. The van der Waals surface area contributed by atoms with Crippen molar-refractivity contribution in [3.05, 3.63) is 24.3 Å². The molecule has 1 saturated carbocycles. The molecule has 0 radical (unpaired) electrons. The van der Waals surface area contributed by atoms with Gasteiger partial charge in [-0.05, 0) is 31.9 Å². The van der Waals surface area contributed by atoms with Crippen LogP contribution in [0.4, 0.5) is 4.79 Å². The molecule has 5 nitrogen and oxygen atoms in total. The van der Waals surface area contributed by atoms with E-state index in [2.05, 4.69) is 10.6 Å². The molecule has 0 heterocycles. The first-order chi connectivity index (χ1) is 10.7. The van der Waals surface area contributed by atoms with Crippen molar-refractivity contribution < 1.29 is 14.3 Å². The van der Waals surface area contributed by atoms with Gasteiger partial charge in [-0.1, -0.05) is 31.4 Å². The molecule has 22 heavy (non-hydrogen) atoms. The van der Waals surface area contributed by atoms with E-state index in [9.17, 15) is 4.79 Å². The van der Waals surface area contributed by atoms with Crippen LogP contribution in [-0.4, -0.2) is 31.8 Å². The molecule has 2 amide bonds. The first kappa shape index (κ1) is 16.5. The predicted octanol–water partition coefficient (Wildman–Crippen LogP) is 3.09. The zero-order valence-corrected chi connectivity index (χ0v) is 13.4. The van der Waals surface area contributed by atoms with Gasteiger partial charge >= 0.3 is 6.03 Å². The maximum absolute atomic E-state index is 12.0. The summed E-state index contributed by atoms with van der Waals surface area (Å²) < 4.78 is 10.9. The highest BCUT2D eigenvalue weighted by Gasteiger charge is 2.16. The van der Waals surface area contributed by atoms with Gasteiger partial charge in [-0.15, -0.1) is 0 Å². The molecule has 122 valence electrons. The number of benzene rings is 1. The van der Waals surface area contributed by atoms with Gasteiger partial charge < -0.3 is 20.1 Å². The van der Waals surface area contributed by atoms with Crippen LogP contribution in [0.15, 0.2) is 24.3 Å². The number of carbonyl (C=O) groups excluding carboxylic acids is 1. The molecule has 2 N–H and O–H groups in total. The van der Waals surface area contributed by atoms with Gasteiger partial charge in [0.25, 0.3) is 0 Å². The SMILES string of the molecule is COc1ccccc1OC[C@@H](C)NC(=O)NC1CCCCC1. The number of carbonyl (C=O) groups is 1. The van der Waals surface area contributed by atoms with Crippen LogP contribution in [0.2, 0.25) is 0 Å². The molecule has 0 aliphatic heterocycles. The molecule has 0 aromatic heterocycles. The number of urea groups is 1. The van der Waals surface area contributed by atoms with Crippen molar-refractivity contribution in [1.29, 1.82) is 0 Å². The van der Waals surface area contributed by atoms with Gasteiger partial charge in [0.2, 0.25) is 0 Å². The van der Waals surface area contributed by atoms with E-state index in [-0.39, 0.29) is 12.1 Å². The smallest absolute Gasteiger partial charge is 0.315 e. The largest absolute Gasteiger partial charge is 0.493 e. The summed E-state index contributed by atoms with van der Waals surface area (Å²) >= 11 is 0. The van der Waals surface area contributed by atoms with E-state index in [4.69, 9.17) is 9.47 Å². The number of methoxy groups -OCH3 is 1. The highest BCUT2D eigenvalue weighted by atomic mass is 16.5. The van der Waals surface area contributed by atoms with Gasteiger partial charge in [-0.2, -0.15) is 0 Å². The zero-order valence-electron chi connectivity index (χ0n) is 13.4. The van der Waals surface area contributed by atoms with Gasteiger partial charge in [-0.3, -0.25) is 0 Å². The summed E-state index contributed by atoms with van der Waals surface area (Å²) in [5.41, 5.74) is 0. The monoisotopic (exact) mass is 306 g/mol. The van der Waals surface area contributed by atoms with E-state index < -0.39 is 0 Å². The zero-order chi connectivity index (χ0) is 15.8. The van der Waals surface area contributed by atoms with Crippen molar-refractivity contribution in [2.45, 2.75) is 51.1 Å². The fourth-order valence-corrected chi connectivity index (χ4v) is 2.69. The van der Waals surface area contributed by atoms with Crippen LogP contribution in [-0.2, 0) is 0 Å². The fourth-order valence-electron chi connectivity index (χ4n) is 2.69. The quantitative estimate of drug-likeness (QED) is 0.849. The predicted molar refractivity (Wildman–Crippen MR) is 86.5 cm³/mol. The third kappa shape index (κ3) is 5.13. The molecule has 1 aliphatic rings. The Morgan fingerprint density at radius 2 is 1.91 bits per heavy atom. The average molecular weight is 306 g/mol. The lowest BCUT2D eigenvalue weighted by molar-refractivity contribution is 0.218. The molecular weight excluding hydrogens is 280 g/mol. The Kier molecular flexibility index (Phi) is 6.37. The van der Waals surface area contributed by atoms with E-state index in [1.165, 1.54) is 19.3 Å². The summed E-state index contributed by atoms with van der Waals surface area (Å²) in [6.07, 6.45) is 5.86. The van der Waals surface area contributed by atoms with Gasteiger partial charge in [0.1, 0.15) is 6.61 Å². The second kappa shape index (κ2) is 8.51. The number of para-hydroxylation sites is 2. The van der Waals surface area contributed by atoms with Crippen molar-refractivity contribution in [3.8, 4) is 11.5 Å². The molecule has 5 heteroatoms. The van der Waals surface area contributed by atoms with Crippen LogP contribution in [0.1, 0.15) is 39.0 Å². The van der Waals surface area contributed by atoms with Gasteiger partial charge in [-0.25, -0.2) is 4.79 Å². The molecule has 0 saturated heterocycles. The maximum Gasteiger partial charge on any atom is 0.315 e. The molecule has 1 aromatic carbocycles. The number of rotatable bonds is 6. The second-order valence-electron chi connectivity index (χ2n) is 5.82. The minimum atomic E-state index is -0.108. The second-order valence-corrected chi connectivity index (χ2v) is 5.82. The molecular formula is C17H26N2O3. The van der Waals surface area contributed by atoms with E-state index >= 15 is 0 Å². The average Bonchev–Trinajstić information content (AvgIpc) is 2.54. The Morgan fingerprint density at radius 1 is 1.23 bits per heavy atom. The molecule has 1 atom stereocenters. The van der Waals surface area contributed by atoms with E-state index in [0.29, 0.717) is 24.1 Å². The van der Waals surface area contributed by atoms with Crippen LogP contribution in [0.25, 0.3) is 0 Å². The summed E-state index contributed by atoms with van der Waals surface area (Å²) in [5.74, 6) is 1.38. The number of ether oxygens (including phenoxy) is 2. The van der Waals surface area contributed by atoms with E-state index in [1.54, 1.807) is 7.11 Å². The van der Waals surface area contributed by atoms with Crippen molar-refractivity contribution in [3.63, 3.8) is 0 Å². The third-order valence-electron chi connectivity index (χ3n) is 3.88. The Morgan fingerprint density at radius 3 is 2.59 bits per heavy atom. The lowest BCUT2D eigenvalue weighted by Gasteiger charge is -2.24. The molecule has 2 rings (SSSR count). The minimum Gasteiger partial charge on any atom is -0.493 e. The number of amides is 2. The van der Waals surface area contributed by atoms with Crippen LogP contribution in [0.3, 0.4) is 0 Å². The third-order valence-corrected chi connectivity index (χ3v) is 3.88. The fraction of sp³-hybridized carbons (Fsp3) is 0.588. The first-order valence-corrected chi connectivity index (χ1v) is 8.02. The number of hydrogen-bond acceptors (Lipinski definition) is 3. The van der Waals surface area contributed by atoms with Crippen LogP contribution >= 0.6 is 0 Å². The summed E-state index contributed by atoms with van der Waals surface area (Å²) in [5, 5.41) is 5.96. The lowest BCUT2D eigenvalue weighted by Crippen LogP contribution is -2.47.